The monoisotopic (exact) mass is 310 g/mol. The maximum absolute atomic E-state index is 11.9. The molecule has 3 aromatic heterocycles. The van der Waals surface area contributed by atoms with Gasteiger partial charge in [-0.1, -0.05) is 5.21 Å². The maximum Gasteiger partial charge on any atom is 0.326 e. The number of aryl methyl sites for hydroxylation is 2. The highest BCUT2D eigenvalue weighted by atomic mass is 16.5. The third-order valence-electron chi connectivity index (χ3n) is 3.95. The Morgan fingerprint density at radius 2 is 2.09 bits per heavy atom. The fourth-order valence-electron chi connectivity index (χ4n) is 2.74. The minimum Gasteiger partial charge on any atom is -0.496 e. The molecule has 1 N–H and O–H groups in total. The molecule has 0 radical (unpaired) electrons. The van der Waals surface area contributed by atoms with Crippen molar-refractivity contribution in [2.75, 3.05) is 7.11 Å². The van der Waals surface area contributed by atoms with Gasteiger partial charge >= 0.3 is 5.69 Å². The Bertz CT molecular complexity index is 1100. The van der Waals surface area contributed by atoms with Crippen molar-refractivity contribution in [3.8, 4) is 17.0 Å². The van der Waals surface area contributed by atoms with Crippen LogP contribution in [0.3, 0.4) is 0 Å². The summed E-state index contributed by atoms with van der Waals surface area (Å²) in [5.41, 5.74) is 3.55. The number of nitrogens with one attached hydrogen (secondary N) is 1. The van der Waals surface area contributed by atoms with E-state index in [9.17, 15) is 4.79 Å². The molecule has 1 aromatic carbocycles. The number of aromatic amines is 1. The van der Waals surface area contributed by atoms with Crippen molar-refractivity contribution in [3.05, 3.63) is 35.0 Å². The number of aromatic nitrogens is 6. The summed E-state index contributed by atoms with van der Waals surface area (Å²) in [7, 11) is 5.12. The van der Waals surface area contributed by atoms with E-state index in [4.69, 9.17) is 4.74 Å². The van der Waals surface area contributed by atoms with E-state index in [1.807, 2.05) is 18.3 Å². The van der Waals surface area contributed by atoms with E-state index in [0.717, 1.165) is 27.5 Å². The molecule has 0 saturated carbocycles. The number of methoxy groups -OCH3 is 1. The second kappa shape index (κ2) is 4.67. The zero-order valence-corrected chi connectivity index (χ0v) is 12.9. The van der Waals surface area contributed by atoms with Gasteiger partial charge in [0.25, 0.3) is 0 Å². The lowest BCUT2D eigenvalue weighted by molar-refractivity contribution is 0.417. The highest BCUT2D eigenvalue weighted by Gasteiger charge is 2.15. The Hall–Kier alpha value is -3.16. The first-order valence-corrected chi connectivity index (χ1v) is 7.00. The SMILES string of the molecule is COc1cc2ncc3c([nH]c(=O)n3C)c2cc1-c1cn(C)nn1. The molecule has 8 heteroatoms. The van der Waals surface area contributed by atoms with Crippen molar-refractivity contribution in [2.24, 2.45) is 14.1 Å². The number of hydrogen-bond acceptors (Lipinski definition) is 5. The maximum atomic E-state index is 11.9. The van der Waals surface area contributed by atoms with Gasteiger partial charge in [-0.15, -0.1) is 5.10 Å². The zero-order valence-electron chi connectivity index (χ0n) is 12.9. The average Bonchev–Trinajstić information content (AvgIpc) is 3.10. The van der Waals surface area contributed by atoms with Crippen LogP contribution in [-0.2, 0) is 14.1 Å². The minimum atomic E-state index is -0.175. The first kappa shape index (κ1) is 13.5. The fraction of sp³-hybridized carbons (Fsp3) is 0.200. The zero-order chi connectivity index (χ0) is 16.1. The molecule has 23 heavy (non-hydrogen) atoms. The number of ether oxygens (including phenoxy) is 1. The van der Waals surface area contributed by atoms with Crippen LogP contribution in [0.15, 0.2) is 29.3 Å². The number of nitrogens with zero attached hydrogens (tertiary/aromatic N) is 5. The molecule has 0 unspecified atom stereocenters. The van der Waals surface area contributed by atoms with Gasteiger partial charge in [-0.2, -0.15) is 0 Å². The van der Waals surface area contributed by atoms with Crippen LogP contribution in [0.4, 0.5) is 0 Å². The third-order valence-corrected chi connectivity index (χ3v) is 3.95. The molecule has 0 atom stereocenters. The van der Waals surface area contributed by atoms with Gasteiger partial charge in [-0.25, -0.2) is 4.79 Å². The Morgan fingerprint density at radius 1 is 1.26 bits per heavy atom. The van der Waals surface area contributed by atoms with Gasteiger partial charge in [0.05, 0.1) is 36.1 Å². The Morgan fingerprint density at radius 3 is 2.78 bits per heavy atom. The van der Waals surface area contributed by atoms with Crippen molar-refractivity contribution in [2.45, 2.75) is 0 Å². The summed E-state index contributed by atoms with van der Waals surface area (Å²) < 4.78 is 8.63. The van der Waals surface area contributed by atoms with Gasteiger partial charge in [-0.3, -0.25) is 14.2 Å². The summed E-state index contributed by atoms with van der Waals surface area (Å²) in [6, 6.07) is 3.76. The average molecular weight is 310 g/mol. The van der Waals surface area contributed by atoms with E-state index in [1.165, 1.54) is 4.57 Å². The second-order valence-corrected chi connectivity index (χ2v) is 5.35. The lowest BCUT2D eigenvalue weighted by atomic mass is 10.1. The normalized spacial score (nSPS) is 11.4. The fourth-order valence-corrected chi connectivity index (χ4v) is 2.74. The number of benzene rings is 1. The number of pyridine rings is 1. The van der Waals surface area contributed by atoms with Crippen LogP contribution in [0.2, 0.25) is 0 Å². The molecule has 4 rings (SSSR count). The predicted octanol–water partition coefficient (Wildman–Crippen LogP) is 1.22. The second-order valence-electron chi connectivity index (χ2n) is 5.35. The van der Waals surface area contributed by atoms with Crippen LogP contribution in [0.1, 0.15) is 0 Å². The smallest absolute Gasteiger partial charge is 0.326 e. The van der Waals surface area contributed by atoms with Crippen LogP contribution < -0.4 is 10.4 Å². The van der Waals surface area contributed by atoms with E-state index in [0.29, 0.717) is 11.4 Å². The molecule has 0 aliphatic rings. The van der Waals surface area contributed by atoms with Crippen LogP contribution in [0, 0.1) is 0 Å². The highest BCUT2D eigenvalue weighted by molar-refractivity contribution is 6.04. The molecular formula is C15H14N6O2. The van der Waals surface area contributed by atoms with Gasteiger partial charge in [-0.05, 0) is 6.07 Å². The number of rotatable bonds is 2. The molecule has 0 spiro atoms. The Kier molecular flexibility index (Phi) is 2.74. The summed E-state index contributed by atoms with van der Waals surface area (Å²) >= 11 is 0. The van der Waals surface area contributed by atoms with Crippen molar-refractivity contribution in [1.82, 2.24) is 29.5 Å². The lowest BCUT2D eigenvalue weighted by Gasteiger charge is -2.08. The van der Waals surface area contributed by atoms with E-state index in [-0.39, 0.29) is 5.69 Å². The molecule has 0 aliphatic carbocycles. The Labute approximate surface area is 130 Å². The molecule has 0 fully saturated rings. The van der Waals surface area contributed by atoms with Crippen molar-refractivity contribution < 1.29 is 4.74 Å². The topological polar surface area (TPSA) is 90.6 Å². The number of fused-ring (bicyclic) bond motifs is 3. The first-order chi connectivity index (χ1) is 11.1. The first-order valence-electron chi connectivity index (χ1n) is 7.00. The lowest BCUT2D eigenvalue weighted by Crippen LogP contribution is -2.11. The molecule has 4 aromatic rings. The van der Waals surface area contributed by atoms with Gasteiger partial charge in [0, 0.05) is 31.1 Å². The number of imidazole rings is 1. The molecule has 0 saturated heterocycles. The van der Waals surface area contributed by atoms with Gasteiger partial charge in [0.2, 0.25) is 0 Å². The molecule has 0 bridgehead atoms. The minimum absolute atomic E-state index is 0.175. The molecule has 0 aliphatic heterocycles. The van der Waals surface area contributed by atoms with E-state index in [2.05, 4.69) is 20.3 Å². The number of H-pyrrole nitrogens is 1. The highest BCUT2D eigenvalue weighted by Crippen LogP contribution is 2.34. The summed E-state index contributed by atoms with van der Waals surface area (Å²) in [6.45, 7) is 0. The number of hydrogen-bond donors (Lipinski definition) is 1. The van der Waals surface area contributed by atoms with E-state index >= 15 is 0 Å². The summed E-state index contributed by atoms with van der Waals surface area (Å²) in [4.78, 5) is 19.2. The predicted molar refractivity (Wildman–Crippen MR) is 85.4 cm³/mol. The molecule has 8 nitrogen and oxygen atoms in total. The quantitative estimate of drug-likeness (QED) is 0.601. The summed E-state index contributed by atoms with van der Waals surface area (Å²) in [5.74, 6) is 0.656. The largest absolute Gasteiger partial charge is 0.496 e. The van der Waals surface area contributed by atoms with Crippen molar-refractivity contribution in [1.29, 1.82) is 0 Å². The van der Waals surface area contributed by atoms with Gasteiger partial charge in [0.15, 0.2) is 0 Å². The molecule has 0 amide bonds. The summed E-state index contributed by atoms with van der Waals surface area (Å²) in [5, 5.41) is 8.94. The van der Waals surface area contributed by atoms with Crippen molar-refractivity contribution >= 4 is 21.9 Å². The molecule has 3 heterocycles. The Balaban J connectivity index is 2.11. The van der Waals surface area contributed by atoms with E-state index in [1.54, 1.807) is 32.1 Å². The van der Waals surface area contributed by atoms with Gasteiger partial charge in [0.1, 0.15) is 11.4 Å². The van der Waals surface area contributed by atoms with E-state index < -0.39 is 0 Å². The summed E-state index contributed by atoms with van der Waals surface area (Å²) in [6.07, 6.45) is 3.49. The van der Waals surface area contributed by atoms with Crippen LogP contribution >= 0.6 is 0 Å². The molecular weight excluding hydrogens is 296 g/mol. The van der Waals surface area contributed by atoms with Crippen molar-refractivity contribution in [3.63, 3.8) is 0 Å². The van der Waals surface area contributed by atoms with Gasteiger partial charge < -0.3 is 9.72 Å². The van der Waals surface area contributed by atoms with Crippen LogP contribution in [0.25, 0.3) is 33.2 Å². The van der Waals surface area contributed by atoms with Crippen LogP contribution in [0.5, 0.6) is 5.75 Å². The molecule has 116 valence electrons. The van der Waals surface area contributed by atoms with Crippen LogP contribution in [-0.4, -0.2) is 36.6 Å². The third kappa shape index (κ3) is 1.91. The standard InChI is InChI=1S/C15H14N6O2/c1-20-7-11(18-19-20)8-4-9-10(5-13(8)23-3)16-6-12-14(9)17-15(22)21(12)2/h4-7H,1-3H3,(H,17,22).